The Bertz CT molecular complexity index is 215. The quantitative estimate of drug-likeness (QED) is 0.656. The van der Waals surface area contributed by atoms with Gasteiger partial charge in [0.25, 0.3) is 0 Å². The lowest BCUT2D eigenvalue weighted by Gasteiger charge is -1.95. The average molecular weight is 158 g/mol. The van der Waals surface area contributed by atoms with Crippen molar-refractivity contribution < 1.29 is 5.11 Å². The van der Waals surface area contributed by atoms with Crippen LogP contribution in [0.4, 0.5) is 0 Å². The number of halogens is 1. The van der Waals surface area contributed by atoms with Crippen molar-refractivity contribution in [3.8, 4) is 0 Å². The van der Waals surface area contributed by atoms with Gasteiger partial charge in [0.1, 0.15) is 5.15 Å². The first-order valence-electron chi connectivity index (χ1n) is 3.04. The van der Waals surface area contributed by atoms with Gasteiger partial charge in [-0.25, -0.2) is 4.98 Å². The Morgan fingerprint density at radius 2 is 2.40 bits per heavy atom. The summed E-state index contributed by atoms with van der Waals surface area (Å²) in [5.41, 5.74) is 1.02. The highest BCUT2D eigenvalue weighted by molar-refractivity contribution is 6.29. The van der Waals surface area contributed by atoms with Crippen LogP contribution in [0, 0.1) is 0 Å². The molecular weight excluding hydrogens is 150 g/mol. The van der Waals surface area contributed by atoms with E-state index in [1.807, 2.05) is 6.07 Å². The Morgan fingerprint density at radius 1 is 1.60 bits per heavy atom. The van der Waals surface area contributed by atoms with Gasteiger partial charge in [-0.2, -0.15) is 0 Å². The molecule has 0 aromatic carbocycles. The fourth-order valence-electron chi connectivity index (χ4n) is 0.727. The van der Waals surface area contributed by atoms with E-state index in [1.165, 1.54) is 0 Å². The molecule has 0 unspecified atom stereocenters. The van der Waals surface area contributed by atoms with Crippen LogP contribution in [-0.2, 0) is 6.42 Å². The summed E-state index contributed by atoms with van der Waals surface area (Å²) in [5, 5.41) is 9.02. The molecular formula is C7H8ClNO. The molecule has 0 aliphatic heterocycles. The molecule has 0 atom stereocenters. The molecule has 0 amide bonds. The number of aliphatic hydroxyl groups excluding tert-OH is 1. The first-order chi connectivity index (χ1) is 4.83. The molecule has 1 heterocycles. The van der Waals surface area contributed by atoms with E-state index in [9.17, 15) is 0 Å². The van der Waals surface area contributed by atoms with E-state index in [4.69, 9.17) is 16.7 Å². The fraction of sp³-hybridized carbons (Fsp3) is 0.286. The molecule has 54 valence electrons. The summed E-state index contributed by atoms with van der Waals surface area (Å²) >= 11 is 5.59. The zero-order valence-electron chi connectivity index (χ0n) is 5.42. The van der Waals surface area contributed by atoms with Crippen molar-refractivity contribution in [2.24, 2.45) is 0 Å². The van der Waals surface area contributed by atoms with Gasteiger partial charge >= 0.3 is 0 Å². The first kappa shape index (κ1) is 7.51. The maximum absolute atomic E-state index is 8.55. The lowest BCUT2D eigenvalue weighted by molar-refractivity contribution is 0.299. The number of nitrogens with zero attached hydrogens (tertiary/aromatic N) is 1. The Hall–Kier alpha value is -0.600. The maximum Gasteiger partial charge on any atom is 0.129 e. The molecule has 0 fully saturated rings. The Labute approximate surface area is 64.5 Å². The highest BCUT2D eigenvalue weighted by atomic mass is 35.5. The third kappa shape index (κ3) is 1.97. The van der Waals surface area contributed by atoms with Crippen LogP contribution in [0.2, 0.25) is 5.15 Å². The molecule has 0 saturated heterocycles. The highest BCUT2D eigenvalue weighted by Crippen LogP contribution is 2.06. The third-order valence-corrected chi connectivity index (χ3v) is 1.40. The van der Waals surface area contributed by atoms with E-state index in [2.05, 4.69) is 4.98 Å². The predicted molar refractivity (Wildman–Crippen MR) is 40.0 cm³/mol. The van der Waals surface area contributed by atoms with Crippen LogP contribution in [0.15, 0.2) is 18.3 Å². The van der Waals surface area contributed by atoms with Crippen molar-refractivity contribution in [1.29, 1.82) is 0 Å². The number of rotatable bonds is 2. The molecule has 0 spiro atoms. The van der Waals surface area contributed by atoms with E-state index < -0.39 is 0 Å². The van der Waals surface area contributed by atoms with Crippen LogP contribution in [0.1, 0.15) is 5.56 Å². The number of aromatic nitrogens is 1. The van der Waals surface area contributed by atoms with Gasteiger partial charge in [-0.3, -0.25) is 0 Å². The van der Waals surface area contributed by atoms with Crippen LogP contribution in [-0.4, -0.2) is 16.7 Å². The molecule has 1 N–H and O–H groups in total. The zero-order valence-corrected chi connectivity index (χ0v) is 6.17. The summed E-state index contributed by atoms with van der Waals surface area (Å²) in [4.78, 5) is 3.81. The largest absolute Gasteiger partial charge is 0.396 e. The van der Waals surface area contributed by atoms with Crippen molar-refractivity contribution in [1.82, 2.24) is 4.98 Å². The Kier molecular flexibility index (Phi) is 2.66. The minimum atomic E-state index is 0.153. The summed E-state index contributed by atoms with van der Waals surface area (Å²) in [5.74, 6) is 0. The lowest BCUT2D eigenvalue weighted by Crippen LogP contribution is -1.90. The SMILES string of the molecule is OCCc1ccnc(Cl)c1. The zero-order chi connectivity index (χ0) is 7.40. The van der Waals surface area contributed by atoms with Gasteiger partial charge in [0, 0.05) is 12.8 Å². The summed E-state index contributed by atoms with van der Waals surface area (Å²) < 4.78 is 0. The molecule has 1 rings (SSSR count). The second-order valence-electron chi connectivity index (χ2n) is 1.96. The van der Waals surface area contributed by atoms with Gasteiger partial charge in [-0.1, -0.05) is 11.6 Å². The van der Waals surface area contributed by atoms with E-state index in [-0.39, 0.29) is 6.61 Å². The summed E-state index contributed by atoms with van der Waals surface area (Å²) in [6.07, 6.45) is 2.27. The van der Waals surface area contributed by atoms with Crippen molar-refractivity contribution in [3.05, 3.63) is 29.0 Å². The van der Waals surface area contributed by atoms with Crippen LogP contribution in [0.3, 0.4) is 0 Å². The third-order valence-electron chi connectivity index (χ3n) is 1.19. The predicted octanol–water partition coefficient (Wildman–Crippen LogP) is 1.27. The van der Waals surface area contributed by atoms with Gasteiger partial charge < -0.3 is 5.11 Å². The molecule has 0 saturated carbocycles. The van der Waals surface area contributed by atoms with Gasteiger partial charge in [0.05, 0.1) is 0 Å². The van der Waals surface area contributed by atoms with Crippen LogP contribution >= 0.6 is 11.6 Å². The highest BCUT2D eigenvalue weighted by Gasteiger charge is 1.92. The second-order valence-corrected chi connectivity index (χ2v) is 2.35. The van der Waals surface area contributed by atoms with Crippen molar-refractivity contribution in [3.63, 3.8) is 0 Å². The number of hydrogen-bond acceptors (Lipinski definition) is 2. The van der Waals surface area contributed by atoms with E-state index in [1.54, 1.807) is 12.3 Å². The van der Waals surface area contributed by atoms with Crippen molar-refractivity contribution >= 4 is 11.6 Å². The monoisotopic (exact) mass is 157 g/mol. The van der Waals surface area contributed by atoms with Crippen LogP contribution in [0.5, 0.6) is 0 Å². The van der Waals surface area contributed by atoms with Gasteiger partial charge in [0.15, 0.2) is 0 Å². The number of aliphatic hydroxyl groups is 1. The molecule has 3 heteroatoms. The maximum atomic E-state index is 8.55. The first-order valence-corrected chi connectivity index (χ1v) is 3.42. The standard InChI is InChI=1S/C7H8ClNO/c8-7-5-6(2-4-10)1-3-9-7/h1,3,5,10H,2,4H2. The van der Waals surface area contributed by atoms with Crippen LogP contribution in [0.25, 0.3) is 0 Å². The van der Waals surface area contributed by atoms with Crippen molar-refractivity contribution in [2.75, 3.05) is 6.61 Å². The average Bonchev–Trinajstić information content (AvgIpc) is 1.88. The van der Waals surface area contributed by atoms with Gasteiger partial charge in [-0.15, -0.1) is 0 Å². The Morgan fingerprint density at radius 3 is 3.00 bits per heavy atom. The molecule has 0 aliphatic carbocycles. The molecule has 10 heavy (non-hydrogen) atoms. The van der Waals surface area contributed by atoms with Crippen LogP contribution < -0.4 is 0 Å². The molecule has 1 aromatic heterocycles. The van der Waals surface area contributed by atoms with Gasteiger partial charge in [-0.05, 0) is 24.1 Å². The fourth-order valence-corrected chi connectivity index (χ4v) is 0.924. The molecule has 2 nitrogen and oxygen atoms in total. The topological polar surface area (TPSA) is 33.1 Å². The molecule has 0 radical (unpaired) electrons. The van der Waals surface area contributed by atoms with Crippen molar-refractivity contribution in [2.45, 2.75) is 6.42 Å². The minimum Gasteiger partial charge on any atom is -0.396 e. The minimum absolute atomic E-state index is 0.153. The van der Waals surface area contributed by atoms with E-state index in [0.717, 1.165) is 5.56 Å². The molecule has 1 aromatic rings. The molecule has 0 aliphatic rings. The number of pyridine rings is 1. The van der Waals surface area contributed by atoms with E-state index in [0.29, 0.717) is 11.6 Å². The van der Waals surface area contributed by atoms with E-state index >= 15 is 0 Å². The normalized spacial score (nSPS) is 9.80. The smallest absolute Gasteiger partial charge is 0.129 e. The molecule has 0 bridgehead atoms. The summed E-state index contributed by atoms with van der Waals surface area (Å²) in [6.45, 7) is 0.153. The summed E-state index contributed by atoms with van der Waals surface area (Å²) in [7, 11) is 0. The lowest BCUT2D eigenvalue weighted by atomic mass is 10.2. The number of hydrogen-bond donors (Lipinski definition) is 1. The summed E-state index contributed by atoms with van der Waals surface area (Å²) in [6, 6.07) is 3.58. The van der Waals surface area contributed by atoms with Gasteiger partial charge in [0.2, 0.25) is 0 Å². The second kappa shape index (κ2) is 3.54. The Balaban J connectivity index is 2.75.